The predicted molar refractivity (Wildman–Crippen MR) is 97.3 cm³/mol. The van der Waals surface area contributed by atoms with E-state index in [2.05, 4.69) is 10.6 Å². The molecular weight excluding hydrogens is 351 g/mol. The monoisotopic (exact) mass is 376 g/mol. The van der Waals surface area contributed by atoms with Gasteiger partial charge >= 0.3 is 6.03 Å². The van der Waals surface area contributed by atoms with E-state index in [1.807, 2.05) is 13.8 Å². The van der Waals surface area contributed by atoms with Crippen LogP contribution >= 0.6 is 0 Å². The van der Waals surface area contributed by atoms with Gasteiger partial charge in [-0.15, -0.1) is 0 Å². The van der Waals surface area contributed by atoms with Gasteiger partial charge in [-0.1, -0.05) is 26.0 Å². The summed E-state index contributed by atoms with van der Waals surface area (Å²) in [5.74, 6) is -1.05. The van der Waals surface area contributed by atoms with Crippen LogP contribution in [0.3, 0.4) is 0 Å². The highest BCUT2D eigenvalue weighted by molar-refractivity contribution is 6.09. The summed E-state index contributed by atoms with van der Waals surface area (Å²) >= 11 is 0. The first-order valence-electron chi connectivity index (χ1n) is 9.31. The fourth-order valence-electron chi connectivity index (χ4n) is 3.79. The Labute approximate surface area is 157 Å². The van der Waals surface area contributed by atoms with Crippen LogP contribution in [0.25, 0.3) is 0 Å². The van der Waals surface area contributed by atoms with Crippen molar-refractivity contribution in [1.29, 1.82) is 0 Å². The third-order valence-corrected chi connectivity index (χ3v) is 5.54. The Balaban J connectivity index is 1.78. The number of hydrogen-bond donors (Lipinski definition) is 2. The van der Waals surface area contributed by atoms with Crippen LogP contribution in [0, 0.1) is 5.82 Å². The molecule has 0 saturated carbocycles. The Morgan fingerprint density at radius 2 is 2.04 bits per heavy atom. The largest absolute Gasteiger partial charge is 0.332 e. The van der Waals surface area contributed by atoms with Gasteiger partial charge in [-0.2, -0.15) is 0 Å². The number of carbonyl (C=O) groups is 3. The van der Waals surface area contributed by atoms with Crippen LogP contribution in [0.4, 0.5) is 9.18 Å². The Morgan fingerprint density at radius 3 is 2.67 bits per heavy atom. The van der Waals surface area contributed by atoms with E-state index < -0.39 is 11.6 Å². The van der Waals surface area contributed by atoms with Gasteiger partial charge in [-0.25, -0.2) is 9.18 Å². The average molecular weight is 376 g/mol. The zero-order chi connectivity index (χ0) is 19.6. The summed E-state index contributed by atoms with van der Waals surface area (Å²) in [4.78, 5) is 40.6. The van der Waals surface area contributed by atoms with Crippen molar-refractivity contribution in [3.05, 3.63) is 35.6 Å². The van der Waals surface area contributed by atoms with Crippen molar-refractivity contribution in [2.24, 2.45) is 0 Å². The highest BCUT2D eigenvalue weighted by atomic mass is 19.1. The number of piperazine rings is 1. The van der Waals surface area contributed by atoms with Gasteiger partial charge in [0.2, 0.25) is 5.91 Å². The van der Waals surface area contributed by atoms with Gasteiger partial charge < -0.3 is 15.5 Å². The normalized spacial score (nSPS) is 22.1. The van der Waals surface area contributed by atoms with Crippen molar-refractivity contribution in [1.82, 2.24) is 20.4 Å². The van der Waals surface area contributed by atoms with Gasteiger partial charge in [0.1, 0.15) is 17.9 Å². The Kier molecular flexibility index (Phi) is 5.46. The molecule has 0 aliphatic carbocycles. The number of nitrogens with zero attached hydrogens (tertiary/aromatic N) is 2. The number of benzene rings is 1. The van der Waals surface area contributed by atoms with Crippen molar-refractivity contribution in [2.45, 2.75) is 38.3 Å². The van der Waals surface area contributed by atoms with Crippen molar-refractivity contribution >= 4 is 17.8 Å². The zero-order valence-corrected chi connectivity index (χ0v) is 15.6. The second-order valence-electron chi connectivity index (χ2n) is 6.97. The summed E-state index contributed by atoms with van der Waals surface area (Å²) in [6.07, 6.45) is 0.941. The van der Waals surface area contributed by atoms with Crippen molar-refractivity contribution in [2.75, 3.05) is 26.2 Å². The summed E-state index contributed by atoms with van der Waals surface area (Å²) in [6, 6.07) is 5.27. The van der Waals surface area contributed by atoms with E-state index in [-0.39, 0.29) is 30.2 Å². The summed E-state index contributed by atoms with van der Waals surface area (Å²) in [5.41, 5.74) is -0.243. The van der Waals surface area contributed by atoms with Gasteiger partial charge in [0, 0.05) is 19.6 Å². The van der Waals surface area contributed by atoms with Crippen LogP contribution in [0.2, 0.25) is 0 Å². The van der Waals surface area contributed by atoms with Crippen LogP contribution < -0.4 is 10.6 Å². The van der Waals surface area contributed by atoms with E-state index in [0.29, 0.717) is 38.0 Å². The smallest absolute Gasteiger partial charge is 0.325 e. The molecule has 0 spiro atoms. The maximum Gasteiger partial charge on any atom is 0.325 e. The Bertz CT molecular complexity index is 750. The first kappa shape index (κ1) is 19.3. The molecule has 2 heterocycles. The topological polar surface area (TPSA) is 81.8 Å². The SMILES string of the molecule is CCC1(CC)NC(=O)N(CC(=O)N2CCNCC2c2cccc(F)c2)C1=O. The molecule has 4 amide bonds. The lowest BCUT2D eigenvalue weighted by Crippen LogP contribution is -2.52. The zero-order valence-electron chi connectivity index (χ0n) is 15.6. The molecule has 146 valence electrons. The summed E-state index contributed by atoms with van der Waals surface area (Å²) < 4.78 is 13.6. The molecule has 27 heavy (non-hydrogen) atoms. The minimum Gasteiger partial charge on any atom is -0.332 e. The molecule has 2 saturated heterocycles. The highest BCUT2D eigenvalue weighted by Crippen LogP contribution is 2.27. The first-order valence-corrected chi connectivity index (χ1v) is 9.31. The van der Waals surface area contributed by atoms with E-state index in [1.54, 1.807) is 17.0 Å². The van der Waals surface area contributed by atoms with E-state index in [1.165, 1.54) is 12.1 Å². The van der Waals surface area contributed by atoms with E-state index in [0.717, 1.165) is 4.90 Å². The molecule has 0 aromatic heterocycles. The van der Waals surface area contributed by atoms with Crippen LogP contribution in [-0.4, -0.2) is 59.4 Å². The second kappa shape index (κ2) is 7.64. The number of carbonyl (C=O) groups excluding carboxylic acids is 3. The Hall–Kier alpha value is -2.48. The predicted octanol–water partition coefficient (Wildman–Crippen LogP) is 1.41. The third-order valence-electron chi connectivity index (χ3n) is 5.54. The van der Waals surface area contributed by atoms with Gasteiger partial charge in [0.25, 0.3) is 5.91 Å². The van der Waals surface area contributed by atoms with Crippen LogP contribution in [0.5, 0.6) is 0 Å². The average Bonchev–Trinajstić information content (AvgIpc) is 2.92. The Morgan fingerprint density at radius 1 is 1.30 bits per heavy atom. The molecule has 8 heteroatoms. The van der Waals surface area contributed by atoms with E-state index >= 15 is 0 Å². The minimum absolute atomic E-state index is 0.307. The first-order chi connectivity index (χ1) is 12.9. The molecule has 7 nitrogen and oxygen atoms in total. The van der Waals surface area contributed by atoms with Gasteiger partial charge in [-0.3, -0.25) is 14.5 Å². The van der Waals surface area contributed by atoms with Gasteiger partial charge in [-0.05, 0) is 30.5 Å². The van der Waals surface area contributed by atoms with Crippen LogP contribution in [-0.2, 0) is 9.59 Å². The highest BCUT2D eigenvalue weighted by Gasteiger charge is 2.49. The maximum atomic E-state index is 13.6. The molecule has 2 fully saturated rings. The van der Waals surface area contributed by atoms with E-state index in [4.69, 9.17) is 0 Å². The maximum absolute atomic E-state index is 13.6. The summed E-state index contributed by atoms with van der Waals surface area (Å²) in [6.45, 7) is 4.88. The summed E-state index contributed by atoms with van der Waals surface area (Å²) in [5, 5.41) is 5.93. The lowest BCUT2D eigenvalue weighted by Gasteiger charge is -2.37. The number of halogens is 1. The number of imide groups is 1. The van der Waals surface area contributed by atoms with Crippen LogP contribution in [0.1, 0.15) is 38.3 Å². The fourth-order valence-corrected chi connectivity index (χ4v) is 3.79. The third kappa shape index (κ3) is 3.53. The molecule has 1 atom stereocenters. The molecule has 2 aliphatic rings. The molecule has 3 rings (SSSR count). The molecule has 1 aromatic rings. The van der Waals surface area contributed by atoms with Crippen molar-refractivity contribution in [3.63, 3.8) is 0 Å². The molecule has 1 unspecified atom stereocenters. The van der Waals surface area contributed by atoms with E-state index in [9.17, 15) is 18.8 Å². The molecule has 1 aromatic carbocycles. The molecule has 2 aliphatic heterocycles. The lowest BCUT2D eigenvalue weighted by molar-refractivity contribution is -0.141. The lowest BCUT2D eigenvalue weighted by atomic mass is 9.93. The van der Waals surface area contributed by atoms with Gasteiger partial charge in [0.15, 0.2) is 0 Å². The number of nitrogens with one attached hydrogen (secondary N) is 2. The molecular formula is C19H25FN4O3. The number of urea groups is 1. The van der Waals surface area contributed by atoms with Gasteiger partial charge in [0.05, 0.1) is 6.04 Å². The minimum atomic E-state index is -0.928. The molecule has 2 N–H and O–H groups in total. The standard InChI is InChI=1S/C19H25FN4O3/c1-3-19(4-2)17(26)24(18(27)22-19)12-16(25)23-9-8-21-11-15(23)13-6-5-7-14(20)10-13/h5-7,10,15,21H,3-4,8-9,11-12H2,1-2H3,(H,22,27). The second-order valence-corrected chi connectivity index (χ2v) is 6.97. The van der Waals surface area contributed by atoms with Crippen molar-refractivity contribution in [3.8, 4) is 0 Å². The fraction of sp³-hybridized carbons (Fsp3) is 0.526. The number of rotatable bonds is 5. The molecule has 0 bridgehead atoms. The number of amides is 4. The summed E-state index contributed by atoms with van der Waals surface area (Å²) in [7, 11) is 0. The number of hydrogen-bond acceptors (Lipinski definition) is 4. The van der Waals surface area contributed by atoms with Crippen LogP contribution in [0.15, 0.2) is 24.3 Å². The molecule has 0 radical (unpaired) electrons. The quantitative estimate of drug-likeness (QED) is 0.762. The van der Waals surface area contributed by atoms with Crippen molar-refractivity contribution < 1.29 is 18.8 Å².